The summed E-state index contributed by atoms with van der Waals surface area (Å²) in [6, 6.07) is 8.48. The fourth-order valence-corrected chi connectivity index (χ4v) is 1.55. The van der Waals surface area contributed by atoms with Crippen molar-refractivity contribution in [2.75, 3.05) is 7.11 Å². The summed E-state index contributed by atoms with van der Waals surface area (Å²) >= 11 is 0. The van der Waals surface area contributed by atoms with Gasteiger partial charge in [0.2, 0.25) is 0 Å². The first-order chi connectivity index (χ1) is 6.16. The van der Waals surface area contributed by atoms with Crippen LogP contribution >= 0.6 is 0 Å². The van der Waals surface area contributed by atoms with Crippen LogP contribution in [0.15, 0.2) is 24.3 Å². The number of rotatable bonds is 3. The molecule has 13 heavy (non-hydrogen) atoms. The van der Waals surface area contributed by atoms with Crippen LogP contribution in [0.3, 0.4) is 0 Å². The molecule has 0 aliphatic rings. The predicted molar refractivity (Wildman–Crippen MR) is 56.1 cm³/mol. The fraction of sp³-hybridized carbons (Fsp3) is 0.500. The Morgan fingerprint density at radius 2 is 1.77 bits per heavy atom. The number of hydrogen-bond acceptors (Lipinski definition) is 1. The SMILES string of the molecule is CO[C@@H](C)[C@H](C)c1ccccc1C. The highest BCUT2D eigenvalue weighted by Crippen LogP contribution is 2.23. The summed E-state index contributed by atoms with van der Waals surface area (Å²) in [6.45, 7) is 6.46. The van der Waals surface area contributed by atoms with E-state index in [4.69, 9.17) is 4.74 Å². The second-order valence-electron chi connectivity index (χ2n) is 3.59. The van der Waals surface area contributed by atoms with E-state index in [1.807, 2.05) is 0 Å². The van der Waals surface area contributed by atoms with Crippen molar-refractivity contribution in [1.29, 1.82) is 0 Å². The molecule has 0 aliphatic carbocycles. The molecule has 1 nitrogen and oxygen atoms in total. The van der Waals surface area contributed by atoms with Gasteiger partial charge in [0.05, 0.1) is 6.10 Å². The summed E-state index contributed by atoms with van der Waals surface area (Å²) in [5, 5.41) is 0. The number of aryl methyl sites for hydroxylation is 1. The minimum atomic E-state index is 0.279. The standard InChI is InChI=1S/C12H18O/c1-9-7-5-6-8-12(9)10(2)11(3)13-4/h5-8,10-11H,1-4H3/t10-,11-/m0/s1. The largest absolute Gasteiger partial charge is 0.381 e. The summed E-state index contributed by atoms with van der Waals surface area (Å²) in [5.74, 6) is 0.464. The lowest BCUT2D eigenvalue weighted by Crippen LogP contribution is -2.15. The van der Waals surface area contributed by atoms with Crippen LogP contribution in [0.4, 0.5) is 0 Å². The van der Waals surface area contributed by atoms with E-state index in [1.54, 1.807) is 7.11 Å². The van der Waals surface area contributed by atoms with Crippen molar-refractivity contribution in [3.8, 4) is 0 Å². The summed E-state index contributed by atoms with van der Waals surface area (Å²) in [6.07, 6.45) is 0.279. The van der Waals surface area contributed by atoms with Gasteiger partial charge in [-0.25, -0.2) is 0 Å². The van der Waals surface area contributed by atoms with E-state index >= 15 is 0 Å². The number of hydrogen-bond donors (Lipinski definition) is 0. The smallest absolute Gasteiger partial charge is 0.0609 e. The average Bonchev–Trinajstić information content (AvgIpc) is 2.16. The maximum Gasteiger partial charge on any atom is 0.0609 e. The third-order valence-corrected chi connectivity index (χ3v) is 2.75. The average molecular weight is 178 g/mol. The minimum absolute atomic E-state index is 0.279. The third-order valence-electron chi connectivity index (χ3n) is 2.75. The molecule has 0 heterocycles. The molecule has 0 amide bonds. The van der Waals surface area contributed by atoms with Crippen LogP contribution in [-0.4, -0.2) is 13.2 Å². The lowest BCUT2D eigenvalue weighted by Gasteiger charge is -2.20. The Morgan fingerprint density at radius 3 is 2.31 bits per heavy atom. The van der Waals surface area contributed by atoms with Crippen LogP contribution in [0.2, 0.25) is 0 Å². The molecule has 0 saturated heterocycles. The first-order valence-electron chi connectivity index (χ1n) is 4.75. The van der Waals surface area contributed by atoms with Gasteiger partial charge in [-0.15, -0.1) is 0 Å². The molecule has 1 heteroatoms. The second-order valence-corrected chi connectivity index (χ2v) is 3.59. The van der Waals surface area contributed by atoms with Crippen LogP contribution < -0.4 is 0 Å². The molecular weight excluding hydrogens is 160 g/mol. The number of benzene rings is 1. The highest BCUT2D eigenvalue weighted by molar-refractivity contribution is 5.29. The van der Waals surface area contributed by atoms with Gasteiger partial charge in [-0.05, 0) is 25.0 Å². The van der Waals surface area contributed by atoms with Crippen LogP contribution in [0, 0.1) is 6.92 Å². The first-order valence-corrected chi connectivity index (χ1v) is 4.75. The van der Waals surface area contributed by atoms with E-state index in [-0.39, 0.29) is 6.10 Å². The van der Waals surface area contributed by atoms with Crippen LogP contribution in [0.5, 0.6) is 0 Å². The molecule has 0 aliphatic heterocycles. The Bertz CT molecular complexity index is 268. The molecule has 1 rings (SSSR count). The van der Waals surface area contributed by atoms with E-state index in [2.05, 4.69) is 45.0 Å². The van der Waals surface area contributed by atoms with Gasteiger partial charge in [0.15, 0.2) is 0 Å². The maximum atomic E-state index is 5.32. The third kappa shape index (κ3) is 2.31. The predicted octanol–water partition coefficient (Wildman–Crippen LogP) is 3.13. The van der Waals surface area contributed by atoms with E-state index in [0.29, 0.717) is 5.92 Å². The molecule has 0 fully saturated rings. The van der Waals surface area contributed by atoms with E-state index in [1.165, 1.54) is 11.1 Å². The van der Waals surface area contributed by atoms with Crippen molar-refractivity contribution >= 4 is 0 Å². The van der Waals surface area contributed by atoms with E-state index < -0.39 is 0 Å². The zero-order valence-corrected chi connectivity index (χ0v) is 8.87. The Kier molecular flexibility index (Phi) is 3.49. The molecule has 72 valence electrons. The zero-order valence-electron chi connectivity index (χ0n) is 8.87. The fourth-order valence-electron chi connectivity index (χ4n) is 1.55. The van der Waals surface area contributed by atoms with Crippen molar-refractivity contribution in [3.63, 3.8) is 0 Å². The first kappa shape index (κ1) is 10.3. The second kappa shape index (κ2) is 4.43. The molecule has 0 radical (unpaired) electrons. The highest BCUT2D eigenvalue weighted by atomic mass is 16.5. The minimum Gasteiger partial charge on any atom is -0.381 e. The number of ether oxygens (including phenoxy) is 1. The van der Waals surface area contributed by atoms with Gasteiger partial charge in [-0.1, -0.05) is 31.2 Å². The van der Waals surface area contributed by atoms with E-state index in [0.717, 1.165) is 0 Å². The lowest BCUT2D eigenvalue weighted by atomic mass is 9.92. The van der Waals surface area contributed by atoms with Gasteiger partial charge in [0, 0.05) is 13.0 Å². The van der Waals surface area contributed by atoms with Gasteiger partial charge >= 0.3 is 0 Å². The molecule has 0 aromatic heterocycles. The van der Waals surface area contributed by atoms with E-state index in [9.17, 15) is 0 Å². The molecule has 1 aromatic rings. The molecule has 0 saturated carbocycles. The lowest BCUT2D eigenvalue weighted by molar-refractivity contribution is 0.0989. The summed E-state index contributed by atoms with van der Waals surface area (Å²) in [4.78, 5) is 0. The van der Waals surface area contributed by atoms with Crippen LogP contribution in [0.25, 0.3) is 0 Å². The van der Waals surface area contributed by atoms with Gasteiger partial charge in [0.1, 0.15) is 0 Å². The summed E-state index contributed by atoms with van der Waals surface area (Å²) < 4.78 is 5.32. The van der Waals surface area contributed by atoms with Crippen LogP contribution in [0.1, 0.15) is 30.9 Å². The Labute approximate surface area is 80.7 Å². The topological polar surface area (TPSA) is 9.23 Å². The van der Waals surface area contributed by atoms with Crippen molar-refractivity contribution in [2.45, 2.75) is 32.8 Å². The maximum absolute atomic E-state index is 5.32. The van der Waals surface area contributed by atoms with Crippen LogP contribution in [-0.2, 0) is 4.74 Å². The quantitative estimate of drug-likeness (QED) is 0.691. The van der Waals surface area contributed by atoms with Crippen molar-refractivity contribution in [1.82, 2.24) is 0 Å². The van der Waals surface area contributed by atoms with Gasteiger partial charge in [-0.3, -0.25) is 0 Å². The van der Waals surface area contributed by atoms with Crippen molar-refractivity contribution in [3.05, 3.63) is 35.4 Å². The van der Waals surface area contributed by atoms with Crippen molar-refractivity contribution < 1.29 is 4.74 Å². The molecule has 0 bridgehead atoms. The summed E-state index contributed by atoms with van der Waals surface area (Å²) in [7, 11) is 1.76. The Morgan fingerprint density at radius 1 is 1.15 bits per heavy atom. The van der Waals surface area contributed by atoms with Gasteiger partial charge < -0.3 is 4.74 Å². The Balaban J connectivity index is 2.88. The molecule has 1 aromatic carbocycles. The number of methoxy groups -OCH3 is 1. The molecule has 2 atom stereocenters. The zero-order chi connectivity index (χ0) is 9.84. The van der Waals surface area contributed by atoms with Gasteiger partial charge in [0.25, 0.3) is 0 Å². The summed E-state index contributed by atoms with van der Waals surface area (Å²) in [5.41, 5.74) is 2.73. The highest BCUT2D eigenvalue weighted by Gasteiger charge is 2.14. The molecule has 0 N–H and O–H groups in total. The Hall–Kier alpha value is -0.820. The monoisotopic (exact) mass is 178 g/mol. The molecule has 0 unspecified atom stereocenters. The van der Waals surface area contributed by atoms with Crippen molar-refractivity contribution in [2.24, 2.45) is 0 Å². The van der Waals surface area contributed by atoms with Gasteiger partial charge in [-0.2, -0.15) is 0 Å². The normalized spacial score (nSPS) is 15.4. The molecular formula is C12H18O. The molecule has 0 spiro atoms.